The molecule has 0 saturated carbocycles. The van der Waals surface area contributed by atoms with Crippen molar-refractivity contribution in [3.8, 4) is 0 Å². The van der Waals surface area contributed by atoms with Crippen molar-refractivity contribution in [1.82, 2.24) is 0 Å². The van der Waals surface area contributed by atoms with Crippen molar-refractivity contribution in [2.75, 3.05) is 5.32 Å². The van der Waals surface area contributed by atoms with Crippen LogP contribution in [-0.2, 0) is 15.9 Å². The van der Waals surface area contributed by atoms with Crippen molar-refractivity contribution >= 4 is 11.3 Å². The van der Waals surface area contributed by atoms with E-state index in [1.807, 2.05) is 0 Å². The quantitative estimate of drug-likeness (QED) is 0.377. The Bertz CT molecular complexity index is 1250. The van der Waals surface area contributed by atoms with Gasteiger partial charge in [-0.2, -0.15) is 0 Å². The topological polar surface area (TPSA) is 30.5 Å². The van der Waals surface area contributed by atoms with Crippen LogP contribution in [0.25, 0.3) is 5.57 Å². The summed E-state index contributed by atoms with van der Waals surface area (Å²) in [5.74, 6) is 1.69. The largest absolute Gasteiger partial charge is 0.468 e. The maximum atomic E-state index is 6.67. The van der Waals surface area contributed by atoms with Crippen LogP contribution in [-0.4, -0.2) is 12.4 Å². The Balaban J connectivity index is 1.63. The molecule has 0 bridgehead atoms. The van der Waals surface area contributed by atoms with Crippen molar-refractivity contribution in [3.63, 3.8) is 0 Å². The number of hydrogen-bond acceptors (Lipinski definition) is 3. The van der Waals surface area contributed by atoms with Gasteiger partial charge in [0.25, 0.3) is 0 Å². The highest BCUT2D eigenvalue weighted by Crippen LogP contribution is 2.43. The van der Waals surface area contributed by atoms with Gasteiger partial charge in [-0.05, 0) is 59.9 Å². The van der Waals surface area contributed by atoms with Gasteiger partial charge in [-0.25, -0.2) is 0 Å². The number of benzene rings is 2. The minimum absolute atomic E-state index is 0.00657. The number of hydrogen-bond donors (Lipinski definition) is 1. The molecule has 218 valence electrons. The Morgan fingerprint density at radius 3 is 2.27 bits per heavy atom. The van der Waals surface area contributed by atoms with Gasteiger partial charge in [0.15, 0.2) is 0 Å². The number of allylic oxidation sites excluding steroid dienone is 2. The van der Waals surface area contributed by atoms with Crippen molar-refractivity contribution in [2.24, 2.45) is 22.2 Å². The van der Waals surface area contributed by atoms with Gasteiger partial charge >= 0.3 is 0 Å². The molecule has 0 radical (unpaired) electrons. The van der Waals surface area contributed by atoms with Crippen LogP contribution in [0.3, 0.4) is 0 Å². The van der Waals surface area contributed by atoms with Crippen molar-refractivity contribution in [3.05, 3.63) is 82.6 Å². The summed E-state index contributed by atoms with van der Waals surface area (Å²) in [5.41, 5.74) is 7.66. The summed E-state index contributed by atoms with van der Waals surface area (Å²) in [6.07, 6.45) is 7.51. The van der Waals surface area contributed by atoms with Crippen LogP contribution >= 0.6 is 0 Å². The molecule has 2 aromatic rings. The predicted octanol–water partition coefficient (Wildman–Crippen LogP) is 10.3. The first-order chi connectivity index (χ1) is 18.6. The maximum absolute atomic E-state index is 6.67. The molecule has 2 aliphatic heterocycles. The summed E-state index contributed by atoms with van der Waals surface area (Å²) in [6, 6.07) is 16.0. The number of rotatable bonds is 7. The van der Waals surface area contributed by atoms with Crippen molar-refractivity contribution in [2.45, 2.75) is 114 Å². The third kappa shape index (κ3) is 7.03. The lowest BCUT2D eigenvalue weighted by Crippen LogP contribution is -2.46. The Hall–Kier alpha value is -2.52. The Morgan fingerprint density at radius 1 is 0.925 bits per heavy atom. The minimum atomic E-state index is -0.318. The molecule has 2 aliphatic rings. The smallest absolute Gasteiger partial charge is 0.205 e. The van der Waals surface area contributed by atoms with E-state index < -0.39 is 0 Å². The normalized spacial score (nSPS) is 22.4. The lowest BCUT2D eigenvalue weighted by Gasteiger charge is -2.45. The predicted molar refractivity (Wildman–Crippen MR) is 170 cm³/mol. The van der Waals surface area contributed by atoms with Crippen LogP contribution < -0.4 is 5.32 Å². The van der Waals surface area contributed by atoms with Gasteiger partial charge in [0.2, 0.25) is 6.29 Å². The van der Waals surface area contributed by atoms with Crippen molar-refractivity contribution < 1.29 is 9.47 Å². The third-order valence-electron chi connectivity index (χ3n) is 8.43. The molecule has 0 fully saturated rings. The highest BCUT2D eigenvalue weighted by molar-refractivity contribution is 5.80. The summed E-state index contributed by atoms with van der Waals surface area (Å²) in [4.78, 5) is 0. The molecule has 2 aromatic carbocycles. The van der Waals surface area contributed by atoms with Gasteiger partial charge < -0.3 is 14.8 Å². The first kappa shape index (κ1) is 30.4. The highest BCUT2D eigenvalue weighted by atomic mass is 16.7. The van der Waals surface area contributed by atoms with Gasteiger partial charge in [0, 0.05) is 22.1 Å². The molecule has 2 heterocycles. The zero-order valence-corrected chi connectivity index (χ0v) is 26.9. The number of para-hydroxylation sites is 1. The fraction of sp³-hybridized carbons (Fsp3) is 0.568. The number of aryl methyl sites for hydroxylation is 1. The van der Waals surface area contributed by atoms with Gasteiger partial charge in [-0.1, -0.05) is 124 Å². The lowest BCUT2D eigenvalue weighted by molar-refractivity contribution is -0.231. The van der Waals surface area contributed by atoms with E-state index in [-0.39, 0.29) is 34.7 Å². The molecule has 40 heavy (non-hydrogen) atoms. The first-order valence-corrected chi connectivity index (χ1v) is 15.3. The van der Waals surface area contributed by atoms with Gasteiger partial charge in [-0.15, -0.1) is 0 Å². The molecule has 1 N–H and O–H groups in total. The molecule has 3 heteroatoms. The minimum Gasteiger partial charge on any atom is -0.468 e. The summed E-state index contributed by atoms with van der Waals surface area (Å²) < 4.78 is 13.3. The molecule has 0 amide bonds. The molecule has 0 aliphatic carbocycles. The SMILES string of the molecule is CCC(C)CC1=CC(c2cc(C)cc(CC(C)(C)[C@H]3OC(C(C)(C)C)=CC(C(C)(C)C)O3)c2)Nc2ccccc21. The molecule has 4 rings (SSSR count). The fourth-order valence-corrected chi connectivity index (χ4v) is 5.77. The van der Waals surface area contributed by atoms with E-state index in [2.05, 4.69) is 136 Å². The third-order valence-corrected chi connectivity index (χ3v) is 8.43. The zero-order valence-electron chi connectivity index (χ0n) is 26.9. The van der Waals surface area contributed by atoms with Crippen LogP contribution in [0, 0.1) is 29.1 Å². The molecular weight excluding hydrogens is 490 g/mol. The highest BCUT2D eigenvalue weighted by Gasteiger charge is 2.42. The summed E-state index contributed by atoms with van der Waals surface area (Å²) in [6.45, 7) is 24.8. The standard InChI is InChI=1S/C37H53NO2/c1-12-24(2)18-27-21-31(38-30-16-14-13-15-29(27)30)28-19-25(3)17-26(20-28)23-37(10,11)34-39-32(35(4,5)6)22-33(40-34)36(7,8)9/h13-17,19-22,24,31-32,34,38H,12,18,23H2,1-11H3/t24?,31?,32?,34-/m1/s1. The molecule has 3 nitrogen and oxygen atoms in total. The monoisotopic (exact) mass is 543 g/mol. The van der Waals surface area contributed by atoms with E-state index in [0.717, 1.165) is 18.6 Å². The lowest BCUT2D eigenvalue weighted by atomic mass is 9.80. The first-order valence-electron chi connectivity index (χ1n) is 15.3. The number of anilines is 1. The summed E-state index contributed by atoms with van der Waals surface area (Å²) >= 11 is 0. The van der Waals surface area contributed by atoms with Crippen LogP contribution in [0.15, 0.2) is 60.4 Å². The van der Waals surface area contributed by atoms with E-state index in [0.29, 0.717) is 5.92 Å². The number of nitrogens with one attached hydrogen (secondary N) is 1. The van der Waals surface area contributed by atoms with E-state index in [4.69, 9.17) is 9.47 Å². The van der Waals surface area contributed by atoms with Crippen LogP contribution in [0.5, 0.6) is 0 Å². The Kier molecular flexibility index (Phi) is 8.67. The average Bonchev–Trinajstić information content (AvgIpc) is 2.86. The molecule has 0 spiro atoms. The molecule has 4 atom stereocenters. The zero-order chi connectivity index (χ0) is 29.5. The van der Waals surface area contributed by atoms with Gasteiger partial charge in [0.1, 0.15) is 5.76 Å². The van der Waals surface area contributed by atoms with Crippen LogP contribution in [0.4, 0.5) is 5.69 Å². The second-order valence-electron chi connectivity index (χ2n) is 15.1. The second-order valence-corrected chi connectivity index (χ2v) is 15.1. The van der Waals surface area contributed by atoms with Gasteiger partial charge in [0.05, 0.1) is 12.1 Å². The Morgan fingerprint density at radius 2 is 1.62 bits per heavy atom. The van der Waals surface area contributed by atoms with E-state index in [9.17, 15) is 0 Å². The van der Waals surface area contributed by atoms with Crippen LogP contribution in [0.2, 0.25) is 0 Å². The fourth-order valence-electron chi connectivity index (χ4n) is 5.77. The summed E-state index contributed by atoms with van der Waals surface area (Å²) in [5, 5.41) is 3.83. The maximum Gasteiger partial charge on any atom is 0.205 e. The Labute approximate surface area is 244 Å². The molecular formula is C37H53NO2. The number of fused-ring (bicyclic) bond motifs is 1. The molecule has 3 unspecified atom stereocenters. The van der Waals surface area contributed by atoms with E-state index in [1.165, 1.54) is 39.9 Å². The van der Waals surface area contributed by atoms with Crippen LogP contribution in [0.1, 0.15) is 110 Å². The molecule has 0 saturated heterocycles. The van der Waals surface area contributed by atoms with E-state index in [1.54, 1.807) is 0 Å². The average molecular weight is 544 g/mol. The van der Waals surface area contributed by atoms with Gasteiger partial charge in [-0.3, -0.25) is 0 Å². The summed E-state index contributed by atoms with van der Waals surface area (Å²) in [7, 11) is 0. The van der Waals surface area contributed by atoms with Crippen molar-refractivity contribution in [1.29, 1.82) is 0 Å². The molecule has 0 aromatic heterocycles. The second kappa shape index (κ2) is 11.4. The number of ether oxygens (including phenoxy) is 2. The van der Waals surface area contributed by atoms with E-state index >= 15 is 0 Å².